The van der Waals surface area contributed by atoms with Gasteiger partial charge in [0.15, 0.2) is 0 Å². The molecule has 3 rings (SSSR count). The smallest absolute Gasteiger partial charge is 0.225 e. The second kappa shape index (κ2) is 8.60. The molecular formula is C21H23FN4O. The van der Waals surface area contributed by atoms with Crippen LogP contribution in [0, 0.1) is 11.7 Å². The van der Waals surface area contributed by atoms with Crippen molar-refractivity contribution < 1.29 is 9.50 Å². The fraction of sp³-hybridized carbons (Fsp3) is 0.238. The average molecular weight is 366 g/mol. The minimum absolute atomic E-state index is 0.0166. The molecule has 0 bridgehead atoms. The van der Waals surface area contributed by atoms with Gasteiger partial charge in [0.1, 0.15) is 11.6 Å². The van der Waals surface area contributed by atoms with Crippen molar-refractivity contribution in [3.8, 4) is 11.3 Å². The molecule has 1 aromatic heterocycles. The summed E-state index contributed by atoms with van der Waals surface area (Å²) < 4.78 is 13.1. The van der Waals surface area contributed by atoms with Crippen LogP contribution in [0.1, 0.15) is 13.8 Å². The molecule has 140 valence electrons. The molecule has 2 aromatic carbocycles. The topological polar surface area (TPSA) is 70.1 Å². The Bertz CT molecular complexity index is 869. The molecule has 1 atom stereocenters. The summed E-state index contributed by atoms with van der Waals surface area (Å²) in [5, 5.41) is 16.0. The first kappa shape index (κ1) is 18.8. The fourth-order valence-corrected chi connectivity index (χ4v) is 2.60. The number of aromatic nitrogens is 2. The standard InChI is InChI=1S/C21H23FN4O/c1-14(2)19(13-27)25-21-24-18(15-6-4-3-5-7-15)12-20(26-21)23-17-10-8-16(22)9-11-17/h3-12,14,19,27H,13H2,1-2H3,(H2,23,24,25,26)/t19-/m0/s1. The molecule has 0 amide bonds. The van der Waals surface area contributed by atoms with Crippen molar-refractivity contribution in [1.29, 1.82) is 0 Å². The van der Waals surface area contributed by atoms with E-state index in [1.165, 1.54) is 12.1 Å². The van der Waals surface area contributed by atoms with Crippen molar-refractivity contribution in [2.45, 2.75) is 19.9 Å². The number of benzene rings is 2. The average Bonchev–Trinajstić information content (AvgIpc) is 2.68. The Labute approximate surface area is 158 Å². The third-order valence-electron chi connectivity index (χ3n) is 4.23. The lowest BCUT2D eigenvalue weighted by atomic mass is 10.1. The van der Waals surface area contributed by atoms with E-state index in [-0.39, 0.29) is 24.4 Å². The second-order valence-corrected chi connectivity index (χ2v) is 6.64. The van der Waals surface area contributed by atoms with Gasteiger partial charge in [-0.1, -0.05) is 44.2 Å². The van der Waals surface area contributed by atoms with Crippen molar-refractivity contribution in [3.05, 3.63) is 66.5 Å². The highest BCUT2D eigenvalue weighted by Crippen LogP contribution is 2.24. The zero-order valence-electron chi connectivity index (χ0n) is 15.4. The quantitative estimate of drug-likeness (QED) is 0.576. The van der Waals surface area contributed by atoms with Crippen LogP contribution in [0.5, 0.6) is 0 Å². The van der Waals surface area contributed by atoms with Crippen LogP contribution in [0.25, 0.3) is 11.3 Å². The van der Waals surface area contributed by atoms with Crippen LogP contribution in [0.2, 0.25) is 0 Å². The van der Waals surface area contributed by atoms with Crippen molar-refractivity contribution in [2.75, 3.05) is 17.2 Å². The fourth-order valence-electron chi connectivity index (χ4n) is 2.60. The molecule has 0 spiro atoms. The number of aliphatic hydroxyl groups is 1. The number of rotatable bonds is 7. The maximum atomic E-state index is 13.1. The van der Waals surface area contributed by atoms with E-state index in [0.29, 0.717) is 11.8 Å². The van der Waals surface area contributed by atoms with Gasteiger partial charge in [0.05, 0.1) is 18.3 Å². The van der Waals surface area contributed by atoms with E-state index in [4.69, 9.17) is 0 Å². The van der Waals surface area contributed by atoms with E-state index in [1.54, 1.807) is 12.1 Å². The summed E-state index contributed by atoms with van der Waals surface area (Å²) in [7, 11) is 0. The molecule has 1 heterocycles. The largest absolute Gasteiger partial charge is 0.394 e. The van der Waals surface area contributed by atoms with Gasteiger partial charge in [-0.2, -0.15) is 4.98 Å². The first-order chi connectivity index (χ1) is 13.0. The SMILES string of the molecule is CC(C)[C@H](CO)Nc1nc(Nc2ccc(F)cc2)cc(-c2ccccc2)n1. The predicted octanol–water partition coefficient (Wildman–Crippen LogP) is 4.46. The molecular weight excluding hydrogens is 343 g/mol. The van der Waals surface area contributed by atoms with Gasteiger partial charge in [0.2, 0.25) is 5.95 Å². The molecule has 27 heavy (non-hydrogen) atoms. The number of anilines is 3. The maximum Gasteiger partial charge on any atom is 0.225 e. The summed E-state index contributed by atoms with van der Waals surface area (Å²) in [4.78, 5) is 9.10. The van der Waals surface area contributed by atoms with Crippen LogP contribution < -0.4 is 10.6 Å². The van der Waals surface area contributed by atoms with Crippen LogP contribution >= 0.6 is 0 Å². The van der Waals surface area contributed by atoms with Gasteiger partial charge in [-0.3, -0.25) is 0 Å². The van der Waals surface area contributed by atoms with Gasteiger partial charge < -0.3 is 15.7 Å². The third kappa shape index (κ3) is 5.01. The molecule has 0 fully saturated rings. The van der Waals surface area contributed by atoms with E-state index >= 15 is 0 Å². The summed E-state index contributed by atoms with van der Waals surface area (Å²) >= 11 is 0. The number of halogens is 1. The Morgan fingerprint density at radius 1 is 1.00 bits per heavy atom. The molecule has 0 aliphatic carbocycles. The predicted molar refractivity (Wildman–Crippen MR) is 106 cm³/mol. The molecule has 0 radical (unpaired) electrons. The maximum absolute atomic E-state index is 13.1. The first-order valence-electron chi connectivity index (χ1n) is 8.89. The highest BCUT2D eigenvalue weighted by atomic mass is 19.1. The molecule has 0 saturated carbocycles. The van der Waals surface area contributed by atoms with Gasteiger partial charge in [-0.15, -0.1) is 0 Å². The van der Waals surface area contributed by atoms with E-state index in [0.717, 1.165) is 16.9 Å². The summed E-state index contributed by atoms with van der Waals surface area (Å²) in [5.74, 6) is 0.929. The minimum Gasteiger partial charge on any atom is -0.394 e. The van der Waals surface area contributed by atoms with E-state index in [1.807, 2.05) is 50.2 Å². The summed E-state index contributed by atoms with van der Waals surface area (Å²) in [6.45, 7) is 4.02. The number of aliphatic hydroxyl groups excluding tert-OH is 1. The molecule has 3 N–H and O–H groups in total. The lowest BCUT2D eigenvalue weighted by Crippen LogP contribution is -2.30. The normalized spacial score (nSPS) is 12.0. The van der Waals surface area contributed by atoms with Crippen LogP contribution in [0.15, 0.2) is 60.7 Å². The Balaban J connectivity index is 1.96. The van der Waals surface area contributed by atoms with E-state index < -0.39 is 0 Å². The van der Waals surface area contributed by atoms with Crippen molar-refractivity contribution in [1.82, 2.24) is 9.97 Å². The van der Waals surface area contributed by atoms with Gasteiger partial charge in [-0.05, 0) is 30.2 Å². The first-order valence-corrected chi connectivity index (χ1v) is 8.89. The lowest BCUT2D eigenvalue weighted by molar-refractivity contribution is 0.248. The number of hydrogen-bond acceptors (Lipinski definition) is 5. The highest BCUT2D eigenvalue weighted by molar-refractivity contribution is 5.67. The third-order valence-corrected chi connectivity index (χ3v) is 4.23. The molecule has 3 aromatic rings. The van der Waals surface area contributed by atoms with Gasteiger partial charge in [0, 0.05) is 17.3 Å². The van der Waals surface area contributed by atoms with Crippen LogP contribution in [0.4, 0.5) is 21.8 Å². The zero-order valence-corrected chi connectivity index (χ0v) is 15.4. The lowest BCUT2D eigenvalue weighted by Gasteiger charge is -2.20. The molecule has 0 aliphatic heterocycles. The summed E-state index contributed by atoms with van der Waals surface area (Å²) in [6, 6.07) is 17.5. The zero-order chi connectivity index (χ0) is 19.2. The summed E-state index contributed by atoms with van der Waals surface area (Å²) in [6.07, 6.45) is 0. The van der Waals surface area contributed by atoms with Crippen LogP contribution in [0.3, 0.4) is 0 Å². The van der Waals surface area contributed by atoms with Crippen LogP contribution in [-0.4, -0.2) is 27.7 Å². The van der Waals surface area contributed by atoms with Crippen molar-refractivity contribution >= 4 is 17.5 Å². The molecule has 6 heteroatoms. The number of hydrogen-bond donors (Lipinski definition) is 3. The Kier molecular flexibility index (Phi) is 5.98. The Hall–Kier alpha value is -2.99. The molecule has 0 unspecified atom stereocenters. The number of nitrogens with one attached hydrogen (secondary N) is 2. The Morgan fingerprint density at radius 2 is 1.70 bits per heavy atom. The summed E-state index contributed by atoms with van der Waals surface area (Å²) in [5.41, 5.74) is 2.43. The highest BCUT2D eigenvalue weighted by Gasteiger charge is 2.15. The van der Waals surface area contributed by atoms with Gasteiger partial charge >= 0.3 is 0 Å². The van der Waals surface area contributed by atoms with Crippen molar-refractivity contribution in [2.24, 2.45) is 5.92 Å². The molecule has 5 nitrogen and oxygen atoms in total. The van der Waals surface area contributed by atoms with Crippen LogP contribution in [-0.2, 0) is 0 Å². The van der Waals surface area contributed by atoms with Gasteiger partial charge in [0.25, 0.3) is 0 Å². The molecule has 0 saturated heterocycles. The minimum atomic E-state index is -0.293. The van der Waals surface area contributed by atoms with E-state index in [2.05, 4.69) is 20.6 Å². The number of nitrogens with zero attached hydrogens (tertiary/aromatic N) is 2. The van der Waals surface area contributed by atoms with Crippen molar-refractivity contribution in [3.63, 3.8) is 0 Å². The second-order valence-electron chi connectivity index (χ2n) is 6.64. The Morgan fingerprint density at radius 3 is 2.33 bits per heavy atom. The van der Waals surface area contributed by atoms with E-state index in [9.17, 15) is 9.50 Å². The monoisotopic (exact) mass is 366 g/mol. The van der Waals surface area contributed by atoms with Gasteiger partial charge in [-0.25, -0.2) is 9.37 Å². The molecule has 0 aliphatic rings.